The van der Waals surface area contributed by atoms with Gasteiger partial charge >= 0.3 is 6.16 Å². The van der Waals surface area contributed by atoms with Gasteiger partial charge in [-0.1, -0.05) is 5.59 Å². The van der Waals surface area contributed by atoms with Crippen LogP contribution in [0.1, 0.15) is 0 Å². The molecule has 0 heterocycles. The van der Waals surface area contributed by atoms with E-state index >= 15 is 0 Å². The van der Waals surface area contributed by atoms with Crippen molar-refractivity contribution >= 4 is 6.16 Å². The molecular weight excluding hydrogens is 100 g/mol. The van der Waals surface area contributed by atoms with E-state index in [4.69, 9.17) is 0 Å². The lowest BCUT2D eigenvalue weighted by Gasteiger charge is -1.94. The quantitative estimate of drug-likeness (QED) is 0.258. The molecule has 0 spiro atoms. The first-order chi connectivity index (χ1) is 3.31. The average molecular weight is 106 g/mol. The second kappa shape index (κ2) is 3.38. The summed E-state index contributed by atoms with van der Waals surface area (Å²) in [6.07, 6.45) is -0.859. The zero-order valence-electron chi connectivity index (χ0n) is 3.80. The van der Waals surface area contributed by atoms with Crippen molar-refractivity contribution in [2.24, 2.45) is 5.84 Å². The van der Waals surface area contributed by atoms with Crippen molar-refractivity contribution in [3.05, 3.63) is 0 Å². The third-order valence-corrected chi connectivity index (χ3v) is 0.309. The number of methoxy groups -OCH3 is 1. The molecule has 0 radical (unpaired) electrons. The summed E-state index contributed by atoms with van der Waals surface area (Å²) in [6.45, 7) is 0. The van der Waals surface area contributed by atoms with E-state index in [9.17, 15) is 4.79 Å². The minimum absolute atomic E-state index is 0.859. The Bertz CT molecular complexity index is 64.0. The molecule has 0 atom stereocenters. The van der Waals surface area contributed by atoms with Crippen molar-refractivity contribution in [2.45, 2.75) is 0 Å². The largest absolute Gasteiger partial charge is 0.528 e. The van der Waals surface area contributed by atoms with Crippen LogP contribution in [0.3, 0.4) is 0 Å². The van der Waals surface area contributed by atoms with Crippen LogP contribution in [0.2, 0.25) is 0 Å². The first-order valence-electron chi connectivity index (χ1n) is 1.51. The molecule has 0 aliphatic heterocycles. The van der Waals surface area contributed by atoms with Gasteiger partial charge in [-0.15, -0.1) is 0 Å². The molecule has 0 aliphatic rings. The van der Waals surface area contributed by atoms with Gasteiger partial charge in [0.25, 0.3) is 0 Å². The van der Waals surface area contributed by atoms with Crippen LogP contribution < -0.4 is 11.4 Å². The van der Waals surface area contributed by atoms with Crippen molar-refractivity contribution in [3.63, 3.8) is 0 Å². The number of rotatable bonds is 1. The van der Waals surface area contributed by atoms with Gasteiger partial charge < -0.3 is 9.57 Å². The normalized spacial score (nSPS) is 7.71. The van der Waals surface area contributed by atoms with Crippen LogP contribution in [0.4, 0.5) is 4.79 Å². The Morgan fingerprint density at radius 2 is 2.43 bits per heavy atom. The lowest BCUT2D eigenvalue weighted by atomic mass is 11.3. The van der Waals surface area contributed by atoms with E-state index in [-0.39, 0.29) is 0 Å². The number of hydrogen-bond donors (Lipinski definition) is 2. The molecule has 0 aliphatic carbocycles. The highest BCUT2D eigenvalue weighted by Crippen LogP contribution is 1.71. The van der Waals surface area contributed by atoms with Gasteiger partial charge in [0.1, 0.15) is 0 Å². The topological polar surface area (TPSA) is 73.6 Å². The number of carbonyl (C=O) groups excluding carboxylic acids is 1. The fourth-order valence-electron chi connectivity index (χ4n) is 0.0898. The molecule has 0 aromatic carbocycles. The Morgan fingerprint density at radius 1 is 1.86 bits per heavy atom. The Morgan fingerprint density at radius 3 is 2.57 bits per heavy atom. The molecule has 5 heteroatoms. The second-order valence-corrected chi connectivity index (χ2v) is 0.674. The average Bonchev–Trinajstić information content (AvgIpc) is 1.68. The molecule has 0 bridgehead atoms. The smallest absolute Gasteiger partial charge is 0.436 e. The van der Waals surface area contributed by atoms with Crippen molar-refractivity contribution in [1.29, 1.82) is 0 Å². The molecule has 0 saturated heterocycles. The van der Waals surface area contributed by atoms with E-state index in [0.29, 0.717) is 0 Å². The molecule has 0 rings (SSSR count). The van der Waals surface area contributed by atoms with Crippen LogP contribution >= 0.6 is 0 Å². The molecule has 0 aromatic heterocycles. The Labute approximate surface area is 40.3 Å². The summed E-state index contributed by atoms with van der Waals surface area (Å²) < 4.78 is 3.99. The number of hydrogen-bond acceptors (Lipinski definition) is 5. The molecule has 0 saturated carbocycles. The summed E-state index contributed by atoms with van der Waals surface area (Å²) >= 11 is 0. The maximum atomic E-state index is 9.82. The van der Waals surface area contributed by atoms with Gasteiger partial charge in [0.2, 0.25) is 0 Å². The molecule has 0 unspecified atom stereocenters. The molecule has 0 fully saturated rings. The van der Waals surface area contributed by atoms with Crippen molar-refractivity contribution in [3.8, 4) is 0 Å². The monoisotopic (exact) mass is 106 g/mol. The van der Waals surface area contributed by atoms with Crippen LogP contribution in [0.15, 0.2) is 0 Å². The first-order valence-corrected chi connectivity index (χ1v) is 1.51. The molecule has 5 nitrogen and oxygen atoms in total. The van der Waals surface area contributed by atoms with E-state index in [0.717, 1.165) is 0 Å². The summed E-state index contributed by atoms with van der Waals surface area (Å²) in [6, 6.07) is 0. The number of ether oxygens (including phenoxy) is 1. The summed E-state index contributed by atoms with van der Waals surface area (Å²) in [4.78, 5) is 13.7. The number of carbonyl (C=O) groups is 1. The van der Waals surface area contributed by atoms with E-state index < -0.39 is 6.16 Å². The van der Waals surface area contributed by atoms with E-state index in [1.165, 1.54) is 7.11 Å². The highest BCUT2D eigenvalue weighted by atomic mass is 16.8. The highest BCUT2D eigenvalue weighted by molar-refractivity contribution is 5.58. The summed E-state index contributed by atoms with van der Waals surface area (Å²) in [7, 11) is 1.18. The molecular formula is C2H6N2O3. The standard InChI is InChI=1S/C2H6N2O3/c1-6-2(5)7-4-3/h4H,3H2,1H3. The Kier molecular flexibility index (Phi) is 2.99. The number of hydrazine groups is 1. The van der Waals surface area contributed by atoms with Crippen LogP contribution in [0.5, 0.6) is 0 Å². The van der Waals surface area contributed by atoms with Gasteiger partial charge in [-0.25, -0.2) is 10.6 Å². The molecule has 42 valence electrons. The second-order valence-electron chi connectivity index (χ2n) is 0.674. The van der Waals surface area contributed by atoms with Crippen LogP contribution in [-0.2, 0) is 9.57 Å². The molecule has 0 aromatic rings. The van der Waals surface area contributed by atoms with Gasteiger partial charge in [-0.2, -0.15) is 0 Å². The van der Waals surface area contributed by atoms with Crippen LogP contribution in [0, 0.1) is 0 Å². The van der Waals surface area contributed by atoms with Gasteiger partial charge in [-0.3, -0.25) is 0 Å². The zero-order valence-corrected chi connectivity index (χ0v) is 3.80. The highest BCUT2D eigenvalue weighted by Gasteiger charge is 1.93. The van der Waals surface area contributed by atoms with E-state index in [1.54, 1.807) is 5.59 Å². The van der Waals surface area contributed by atoms with Gasteiger partial charge in [0.05, 0.1) is 7.11 Å². The SMILES string of the molecule is COC(=O)ONN. The van der Waals surface area contributed by atoms with Crippen LogP contribution in [-0.4, -0.2) is 13.3 Å². The molecule has 0 amide bonds. The van der Waals surface area contributed by atoms with E-state index in [1.807, 2.05) is 0 Å². The van der Waals surface area contributed by atoms with Gasteiger partial charge in [0, 0.05) is 0 Å². The third-order valence-electron chi connectivity index (χ3n) is 0.309. The Balaban J connectivity index is 3.00. The van der Waals surface area contributed by atoms with Gasteiger partial charge in [0.15, 0.2) is 0 Å². The lowest BCUT2D eigenvalue weighted by Crippen LogP contribution is -2.25. The fraction of sp³-hybridized carbons (Fsp3) is 0.500. The predicted octanol–water partition coefficient (Wildman–Crippen LogP) is -0.852. The van der Waals surface area contributed by atoms with Crippen molar-refractivity contribution < 1.29 is 14.4 Å². The zero-order chi connectivity index (χ0) is 5.70. The molecule has 7 heavy (non-hydrogen) atoms. The van der Waals surface area contributed by atoms with Crippen molar-refractivity contribution in [1.82, 2.24) is 5.59 Å². The summed E-state index contributed by atoms with van der Waals surface area (Å²) in [5, 5.41) is 0. The maximum Gasteiger partial charge on any atom is 0.528 e. The van der Waals surface area contributed by atoms with E-state index in [2.05, 4.69) is 15.4 Å². The predicted molar refractivity (Wildman–Crippen MR) is 20.8 cm³/mol. The number of nitrogens with one attached hydrogen (secondary N) is 1. The first kappa shape index (κ1) is 6.19. The Hall–Kier alpha value is -0.810. The summed E-state index contributed by atoms with van der Waals surface area (Å²) in [5.41, 5.74) is 1.64. The molecule has 3 N–H and O–H groups in total. The lowest BCUT2D eigenvalue weighted by molar-refractivity contribution is 0.0298. The maximum absolute atomic E-state index is 9.82. The number of nitrogens with two attached hydrogens (primary N) is 1. The van der Waals surface area contributed by atoms with Crippen molar-refractivity contribution in [2.75, 3.05) is 7.11 Å². The van der Waals surface area contributed by atoms with Gasteiger partial charge in [-0.05, 0) is 0 Å². The minimum atomic E-state index is -0.859. The summed E-state index contributed by atoms with van der Waals surface area (Å²) in [5.74, 6) is 4.53. The third kappa shape index (κ3) is 3.01. The fourth-order valence-corrected chi connectivity index (χ4v) is 0.0898. The van der Waals surface area contributed by atoms with Crippen LogP contribution in [0.25, 0.3) is 0 Å². The minimum Gasteiger partial charge on any atom is -0.436 e.